The van der Waals surface area contributed by atoms with E-state index in [1.165, 1.54) is 4.57 Å². The van der Waals surface area contributed by atoms with Crippen LogP contribution in [-0.4, -0.2) is 50.3 Å². The fraction of sp³-hybridized carbons (Fsp3) is 0.333. The van der Waals surface area contributed by atoms with Gasteiger partial charge >= 0.3 is 6.09 Å². The highest BCUT2D eigenvalue weighted by Gasteiger charge is 2.30. The summed E-state index contributed by atoms with van der Waals surface area (Å²) in [6.07, 6.45) is 10.00. The van der Waals surface area contributed by atoms with Gasteiger partial charge in [-0.15, -0.1) is 0 Å². The maximum atomic E-state index is 12.8. The molecule has 4 aromatic heterocycles. The fourth-order valence-electron chi connectivity index (χ4n) is 4.12. The Kier molecular flexibility index (Phi) is 4.83. The van der Waals surface area contributed by atoms with Crippen molar-refractivity contribution in [2.45, 2.75) is 31.8 Å². The summed E-state index contributed by atoms with van der Waals surface area (Å²) in [5.74, 6) is 0.696. The molecule has 2 aliphatic rings. The Balaban J connectivity index is 1.27. The van der Waals surface area contributed by atoms with Crippen LogP contribution >= 0.6 is 0 Å². The third-order valence-corrected chi connectivity index (χ3v) is 6.15. The molecule has 9 heteroatoms. The molecule has 0 spiro atoms. The summed E-state index contributed by atoms with van der Waals surface area (Å²) in [6.45, 7) is 1.22. The SMILES string of the molecule is O=C(Nc1cn2cc(-c3cnc4ccn(C(=O)OC5CCOCC5)c4c3)ccc2n1)C1CC1. The molecule has 1 N–H and O–H groups in total. The molecule has 1 saturated carbocycles. The number of fused-ring (bicyclic) bond motifs is 2. The minimum Gasteiger partial charge on any atom is -0.445 e. The summed E-state index contributed by atoms with van der Waals surface area (Å²) in [6, 6.07) is 7.58. The second-order valence-electron chi connectivity index (χ2n) is 8.58. The third-order valence-electron chi connectivity index (χ3n) is 6.15. The molecule has 2 fully saturated rings. The number of ether oxygens (including phenoxy) is 2. The number of nitrogens with one attached hydrogen (secondary N) is 1. The van der Waals surface area contributed by atoms with Crippen LogP contribution in [0.1, 0.15) is 25.7 Å². The summed E-state index contributed by atoms with van der Waals surface area (Å²) in [7, 11) is 0. The van der Waals surface area contributed by atoms with E-state index in [9.17, 15) is 9.59 Å². The van der Waals surface area contributed by atoms with Crippen LogP contribution in [0.4, 0.5) is 10.6 Å². The van der Waals surface area contributed by atoms with Gasteiger partial charge in [-0.25, -0.2) is 9.78 Å². The van der Waals surface area contributed by atoms with E-state index in [1.54, 1.807) is 24.7 Å². The first-order valence-corrected chi connectivity index (χ1v) is 11.2. The molecule has 4 aromatic rings. The van der Waals surface area contributed by atoms with Crippen LogP contribution < -0.4 is 5.32 Å². The van der Waals surface area contributed by atoms with Crippen molar-refractivity contribution >= 4 is 34.5 Å². The van der Waals surface area contributed by atoms with Crippen molar-refractivity contribution in [1.82, 2.24) is 18.9 Å². The van der Waals surface area contributed by atoms with E-state index in [-0.39, 0.29) is 17.9 Å². The van der Waals surface area contributed by atoms with Crippen LogP contribution in [0.3, 0.4) is 0 Å². The van der Waals surface area contributed by atoms with Crippen LogP contribution in [0.15, 0.2) is 49.1 Å². The topological polar surface area (TPSA) is 99.8 Å². The molecule has 0 radical (unpaired) electrons. The molecule has 0 bridgehead atoms. The largest absolute Gasteiger partial charge is 0.445 e. The molecule has 1 saturated heterocycles. The molecular formula is C24H23N5O4. The predicted octanol–water partition coefficient (Wildman–Crippen LogP) is 3.86. The second-order valence-corrected chi connectivity index (χ2v) is 8.58. The zero-order chi connectivity index (χ0) is 22.4. The number of carbonyl (C=O) groups is 2. The number of imidazole rings is 1. The van der Waals surface area contributed by atoms with Crippen molar-refractivity contribution < 1.29 is 19.1 Å². The van der Waals surface area contributed by atoms with Crippen LogP contribution in [0.2, 0.25) is 0 Å². The van der Waals surface area contributed by atoms with Gasteiger partial charge in [0.1, 0.15) is 11.8 Å². The van der Waals surface area contributed by atoms with Crippen molar-refractivity contribution in [2.75, 3.05) is 18.5 Å². The zero-order valence-corrected chi connectivity index (χ0v) is 17.9. The van der Waals surface area contributed by atoms with Gasteiger partial charge in [-0.3, -0.25) is 14.3 Å². The molecule has 0 aromatic carbocycles. The molecule has 168 valence electrons. The number of hydrogen-bond donors (Lipinski definition) is 1. The van der Waals surface area contributed by atoms with E-state index in [0.717, 1.165) is 35.1 Å². The second kappa shape index (κ2) is 8.00. The van der Waals surface area contributed by atoms with Crippen LogP contribution in [0, 0.1) is 5.92 Å². The van der Waals surface area contributed by atoms with Gasteiger partial charge in [-0.1, -0.05) is 0 Å². The highest BCUT2D eigenvalue weighted by Crippen LogP contribution is 2.30. The Morgan fingerprint density at radius 3 is 2.73 bits per heavy atom. The zero-order valence-electron chi connectivity index (χ0n) is 17.9. The molecule has 9 nitrogen and oxygen atoms in total. The van der Waals surface area contributed by atoms with Gasteiger partial charge in [0.05, 0.1) is 30.4 Å². The standard InChI is InChI=1S/C24H23N5O4/c30-23(15-1-2-15)27-21-14-28-13-16(3-4-22(28)26-21)17-11-20-19(25-12-17)5-8-29(20)24(31)33-18-6-9-32-10-7-18/h3-5,8,11-15,18H,1-2,6-7,9-10H2,(H,27,30). The molecular weight excluding hydrogens is 422 g/mol. The lowest BCUT2D eigenvalue weighted by atomic mass is 10.1. The molecule has 0 atom stereocenters. The van der Waals surface area contributed by atoms with Gasteiger partial charge in [0.25, 0.3) is 0 Å². The van der Waals surface area contributed by atoms with E-state index in [2.05, 4.69) is 15.3 Å². The first kappa shape index (κ1) is 19.9. The maximum Gasteiger partial charge on any atom is 0.418 e. The molecule has 6 rings (SSSR count). The number of pyridine rings is 2. The van der Waals surface area contributed by atoms with E-state index in [0.29, 0.717) is 37.4 Å². The quantitative estimate of drug-likeness (QED) is 0.512. The monoisotopic (exact) mass is 445 g/mol. The number of amides is 1. The van der Waals surface area contributed by atoms with Gasteiger partial charge in [-0.2, -0.15) is 0 Å². The van der Waals surface area contributed by atoms with Gasteiger partial charge in [0.15, 0.2) is 5.82 Å². The van der Waals surface area contributed by atoms with Gasteiger partial charge in [-0.05, 0) is 37.1 Å². The van der Waals surface area contributed by atoms with Crippen molar-refractivity contribution in [1.29, 1.82) is 0 Å². The lowest BCUT2D eigenvalue weighted by Crippen LogP contribution is -2.27. The number of hydrogen-bond acceptors (Lipinski definition) is 6. The van der Waals surface area contributed by atoms with Crippen molar-refractivity contribution in [3.05, 3.63) is 49.1 Å². The van der Waals surface area contributed by atoms with Crippen LogP contribution in [-0.2, 0) is 14.3 Å². The number of rotatable bonds is 4. The van der Waals surface area contributed by atoms with Gasteiger partial charge in [0.2, 0.25) is 5.91 Å². The van der Waals surface area contributed by atoms with Crippen LogP contribution in [0.25, 0.3) is 27.8 Å². The normalized spacial score (nSPS) is 16.8. The van der Waals surface area contributed by atoms with E-state index in [1.807, 2.05) is 28.8 Å². The maximum absolute atomic E-state index is 12.8. The average Bonchev–Trinajstić information content (AvgIpc) is 3.48. The third kappa shape index (κ3) is 3.95. The lowest BCUT2D eigenvalue weighted by Gasteiger charge is -2.22. The van der Waals surface area contributed by atoms with Crippen molar-refractivity contribution in [3.8, 4) is 11.1 Å². The highest BCUT2D eigenvalue weighted by molar-refractivity contribution is 5.93. The lowest BCUT2D eigenvalue weighted by molar-refractivity contribution is -0.117. The Labute approximate surface area is 189 Å². The first-order chi connectivity index (χ1) is 16.1. The Bertz CT molecular complexity index is 1360. The first-order valence-electron chi connectivity index (χ1n) is 11.2. The Morgan fingerprint density at radius 1 is 1.06 bits per heavy atom. The Morgan fingerprint density at radius 2 is 1.91 bits per heavy atom. The summed E-state index contributed by atoms with van der Waals surface area (Å²) in [5, 5.41) is 2.88. The van der Waals surface area contributed by atoms with Gasteiger partial charge in [0, 0.05) is 48.5 Å². The van der Waals surface area contributed by atoms with Crippen molar-refractivity contribution in [2.24, 2.45) is 5.92 Å². The molecule has 1 aliphatic heterocycles. The molecule has 1 aliphatic carbocycles. The summed E-state index contributed by atoms with van der Waals surface area (Å²) >= 11 is 0. The summed E-state index contributed by atoms with van der Waals surface area (Å²) in [5.41, 5.74) is 3.92. The minimum absolute atomic E-state index is 0.0293. The summed E-state index contributed by atoms with van der Waals surface area (Å²) in [4.78, 5) is 33.8. The van der Waals surface area contributed by atoms with E-state index in [4.69, 9.17) is 9.47 Å². The molecule has 33 heavy (non-hydrogen) atoms. The molecule has 1 amide bonds. The van der Waals surface area contributed by atoms with E-state index < -0.39 is 6.09 Å². The van der Waals surface area contributed by atoms with Crippen molar-refractivity contribution in [3.63, 3.8) is 0 Å². The molecule has 5 heterocycles. The highest BCUT2D eigenvalue weighted by atomic mass is 16.6. The number of nitrogens with zero attached hydrogens (tertiary/aromatic N) is 4. The summed E-state index contributed by atoms with van der Waals surface area (Å²) < 4.78 is 14.4. The molecule has 0 unspecified atom stereocenters. The van der Waals surface area contributed by atoms with Crippen LogP contribution in [0.5, 0.6) is 0 Å². The Hall–Kier alpha value is -3.72. The number of anilines is 1. The minimum atomic E-state index is -0.406. The number of aromatic nitrogens is 4. The smallest absolute Gasteiger partial charge is 0.418 e. The number of carbonyl (C=O) groups excluding carboxylic acids is 2. The predicted molar refractivity (Wildman–Crippen MR) is 121 cm³/mol. The fourth-order valence-corrected chi connectivity index (χ4v) is 4.12. The van der Waals surface area contributed by atoms with Gasteiger partial charge < -0.3 is 19.2 Å². The average molecular weight is 445 g/mol. The van der Waals surface area contributed by atoms with E-state index >= 15 is 0 Å².